The molecule has 1 atom stereocenters. The molecule has 1 saturated heterocycles. The monoisotopic (exact) mass is 351 g/mol. The number of ether oxygens (including phenoxy) is 3. The molecule has 1 amide bonds. The number of morpholine rings is 1. The molecule has 1 aromatic carbocycles. The molecule has 138 valence electrons. The van der Waals surface area contributed by atoms with E-state index in [1.807, 2.05) is 13.8 Å². The fourth-order valence-corrected chi connectivity index (χ4v) is 2.46. The van der Waals surface area contributed by atoms with Crippen LogP contribution in [0.2, 0.25) is 0 Å². The van der Waals surface area contributed by atoms with Gasteiger partial charge in [-0.1, -0.05) is 13.8 Å². The molecule has 7 nitrogen and oxygen atoms in total. The number of rotatable bonds is 8. The smallest absolute Gasteiger partial charge is 0.334 e. The molecule has 1 N–H and O–H groups in total. The van der Waals surface area contributed by atoms with Crippen LogP contribution in [0.5, 0.6) is 11.5 Å². The lowest BCUT2D eigenvalue weighted by molar-refractivity contribution is -0.154. The predicted molar refractivity (Wildman–Crippen MR) is 91.3 cm³/mol. The van der Waals surface area contributed by atoms with Crippen molar-refractivity contribution >= 4 is 11.9 Å². The number of carbonyl (C=O) groups excluding carboxylic acids is 1. The van der Waals surface area contributed by atoms with Crippen LogP contribution in [0.3, 0.4) is 0 Å². The van der Waals surface area contributed by atoms with Crippen LogP contribution in [-0.2, 0) is 9.53 Å². The second-order valence-electron chi connectivity index (χ2n) is 5.81. The Morgan fingerprint density at radius 2 is 1.88 bits per heavy atom. The Labute approximate surface area is 147 Å². The van der Waals surface area contributed by atoms with Gasteiger partial charge in [0, 0.05) is 12.1 Å². The highest BCUT2D eigenvalue weighted by Crippen LogP contribution is 2.29. The van der Waals surface area contributed by atoms with Crippen molar-refractivity contribution in [3.63, 3.8) is 0 Å². The van der Waals surface area contributed by atoms with Crippen LogP contribution in [0, 0.1) is 0 Å². The highest BCUT2D eigenvalue weighted by molar-refractivity contribution is 5.95. The minimum Gasteiger partial charge on any atom is -0.490 e. The number of carbonyl (C=O) groups is 2. The van der Waals surface area contributed by atoms with Crippen molar-refractivity contribution in [1.82, 2.24) is 4.90 Å². The van der Waals surface area contributed by atoms with E-state index in [1.165, 1.54) is 4.90 Å². The van der Waals surface area contributed by atoms with Crippen molar-refractivity contribution in [2.45, 2.75) is 32.8 Å². The molecule has 0 saturated carbocycles. The first-order chi connectivity index (χ1) is 12.1. The van der Waals surface area contributed by atoms with Crippen LogP contribution < -0.4 is 9.47 Å². The summed E-state index contributed by atoms with van der Waals surface area (Å²) in [5, 5.41) is 9.07. The lowest BCUT2D eigenvalue weighted by atomic mass is 10.1. The van der Waals surface area contributed by atoms with Gasteiger partial charge < -0.3 is 24.2 Å². The van der Waals surface area contributed by atoms with Crippen molar-refractivity contribution < 1.29 is 28.9 Å². The molecule has 1 aliphatic rings. The molecule has 1 unspecified atom stereocenters. The Balaban J connectivity index is 2.16. The summed E-state index contributed by atoms with van der Waals surface area (Å²) in [6, 6.07) is 5.06. The van der Waals surface area contributed by atoms with Gasteiger partial charge >= 0.3 is 5.97 Å². The third kappa shape index (κ3) is 5.09. The maximum absolute atomic E-state index is 12.7. The Kier molecular flexibility index (Phi) is 7.06. The van der Waals surface area contributed by atoms with E-state index in [0.717, 1.165) is 12.8 Å². The molecule has 2 rings (SSSR count). The van der Waals surface area contributed by atoms with Crippen molar-refractivity contribution in [2.75, 3.05) is 32.9 Å². The minimum atomic E-state index is -1.06. The zero-order chi connectivity index (χ0) is 18.2. The summed E-state index contributed by atoms with van der Waals surface area (Å²) in [5.74, 6) is -0.160. The number of benzene rings is 1. The average molecular weight is 351 g/mol. The number of carboxylic acid groups (broad SMARTS) is 1. The molecule has 1 fully saturated rings. The number of hydrogen-bond acceptors (Lipinski definition) is 5. The zero-order valence-electron chi connectivity index (χ0n) is 14.7. The van der Waals surface area contributed by atoms with Gasteiger partial charge in [-0.05, 0) is 31.0 Å². The fraction of sp³-hybridized carbons (Fsp3) is 0.556. The standard InChI is InChI=1S/C18H25NO6/c1-3-8-23-14-6-5-13(11-15(14)24-9-4-2)17(20)19-7-10-25-16(12-19)18(21)22/h5-6,11,16H,3-4,7-10,12H2,1-2H3,(H,21,22). The van der Waals surface area contributed by atoms with Crippen molar-refractivity contribution in [3.05, 3.63) is 23.8 Å². The largest absolute Gasteiger partial charge is 0.490 e. The summed E-state index contributed by atoms with van der Waals surface area (Å²) in [5.41, 5.74) is 0.445. The van der Waals surface area contributed by atoms with E-state index in [-0.39, 0.29) is 19.1 Å². The molecule has 1 heterocycles. The van der Waals surface area contributed by atoms with Crippen LogP contribution in [0.25, 0.3) is 0 Å². The summed E-state index contributed by atoms with van der Waals surface area (Å²) in [6.45, 7) is 5.72. The number of carboxylic acids is 1. The SMILES string of the molecule is CCCOc1ccc(C(=O)N2CCOC(C(=O)O)C2)cc1OCCC. The number of aliphatic carboxylic acids is 1. The molecule has 0 bridgehead atoms. The van der Waals surface area contributed by atoms with Crippen molar-refractivity contribution in [3.8, 4) is 11.5 Å². The van der Waals surface area contributed by atoms with Gasteiger partial charge in [-0.15, -0.1) is 0 Å². The van der Waals surface area contributed by atoms with Gasteiger partial charge in [0.1, 0.15) is 0 Å². The Morgan fingerprint density at radius 1 is 1.20 bits per heavy atom. The van der Waals surface area contributed by atoms with E-state index in [0.29, 0.717) is 36.8 Å². The van der Waals surface area contributed by atoms with Gasteiger partial charge in [0.05, 0.1) is 26.4 Å². The van der Waals surface area contributed by atoms with E-state index in [4.69, 9.17) is 19.3 Å². The third-order valence-electron chi connectivity index (χ3n) is 3.74. The first-order valence-corrected chi connectivity index (χ1v) is 8.60. The Morgan fingerprint density at radius 3 is 2.52 bits per heavy atom. The van der Waals surface area contributed by atoms with Gasteiger partial charge in [-0.2, -0.15) is 0 Å². The summed E-state index contributed by atoms with van der Waals surface area (Å²) in [6.07, 6.45) is 0.730. The maximum Gasteiger partial charge on any atom is 0.334 e. The highest BCUT2D eigenvalue weighted by Gasteiger charge is 2.29. The van der Waals surface area contributed by atoms with Gasteiger partial charge in [0.2, 0.25) is 0 Å². The topological polar surface area (TPSA) is 85.3 Å². The quantitative estimate of drug-likeness (QED) is 0.773. The van der Waals surface area contributed by atoms with Crippen LogP contribution in [0.1, 0.15) is 37.0 Å². The molecule has 0 aliphatic carbocycles. The fourth-order valence-electron chi connectivity index (χ4n) is 2.46. The van der Waals surface area contributed by atoms with Gasteiger partial charge in [-0.3, -0.25) is 4.79 Å². The second kappa shape index (κ2) is 9.27. The molecule has 0 spiro atoms. The maximum atomic E-state index is 12.7. The van der Waals surface area contributed by atoms with Crippen molar-refractivity contribution in [1.29, 1.82) is 0 Å². The summed E-state index contributed by atoms with van der Waals surface area (Å²) >= 11 is 0. The van der Waals surface area contributed by atoms with Gasteiger partial charge in [0.15, 0.2) is 17.6 Å². The Bertz CT molecular complexity index is 603. The average Bonchev–Trinajstić information content (AvgIpc) is 2.64. The van der Waals surface area contributed by atoms with Gasteiger partial charge in [-0.25, -0.2) is 4.79 Å². The van der Waals surface area contributed by atoms with Crippen LogP contribution in [0.15, 0.2) is 18.2 Å². The van der Waals surface area contributed by atoms with E-state index in [9.17, 15) is 9.59 Å². The molecule has 7 heteroatoms. The number of hydrogen-bond donors (Lipinski definition) is 1. The third-order valence-corrected chi connectivity index (χ3v) is 3.74. The molecule has 25 heavy (non-hydrogen) atoms. The van der Waals surface area contributed by atoms with E-state index >= 15 is 0 Å². The normalized spacial score (nSPS) is 17.2. The molecular formula is C18H25NO6. The van der Waals surface area contributed by atoms with Crippen LogP contribution in [0.4, 0.5) is 0 Å². The highest BCUT2D eigenvalue weighted by atomic mass is 16.5. The van der Waals surface area contributed by atoms with E-state index in [2.05, 4.69) is 0 Å². The molecule has 1 aromatic rings. The summed E-state index contributed by atoms with van der Waals surface area (Å²) in [7, 11) is 0. The van der Waals surface area contributed by atoms with E-state index < -0.39 is 12.1 Å². The first-order valence-electron chi connectivity index (χ1n) is 8.60. The zero-order valence-corrected chi connectivity index (χ0v) is 14.7. The molecule has 1 aliphatic heterocycles. The summed E-state index contributed by atoms with van der Waals surface area (Å²) in [4.78, 5) is 25.3. The molecular weight excluding hydrogens is 326 g/mol. The number of nitrogens with zero attached hydrogens (tertiary/aromatic N) is 1. The lowest BCUT2D eigenvalue weighted by Gasteiger charge is -2.31. The van der Waals surface area contributed by atoms with Crippen LogP contribution >= 0.6 is 0 Å². The number of amides is 1. The Hall–Kier alpha value is -2.28. The van der Waals surface area contributed by atoms with Gasteiger partial charge in [0.25, 0.3) is 5.91 Å². The lowest BCUT2D eigenvalue weighted by Crippen LogP contribution is -2.48. The molecule has 0 radical (unpaired) electrons. The minimum absolute atomic E-state index is 0.0351. The molecule has 0 aromatic heterocycles. The predicted octanol–water partition coefficient (Wildman–Crippen LogP) is 2.19. The first kappa shape index (κ1) is 19.1. The summed E-state index contributed by atoms with van der Waals surface area (Å²) < 4.78 is 16.5. The van der Waals surface area contributed by atoms with E-state index in [1.54, 1.807) is 18.2 Å². The van der Waals surface area contributed by atoms with Crippen molar-refractivity contribution in [2.24, 2.45) is 0 Å². The van der Waals surface area contributed by atoms with Crippen LogP contribution in [-0.4, -0.2) is 60.9 Å². The second-order valence-corrected chi connectivity index (χ2v) is 5.81.